The zero-order chi connectivity index (χ0) is 24.4. The van der Waals surface area contributed by atoms with Crippen LogP contribution in [0.25, 0.3) is 0 Å². The van der Waals surface area contributed by atoms with Gasteiger partial charge in [-0.1, -0.05) is 12.1 Å². The monoisotopic (exact) mass is 501 g/mol. The van der Waals surface area contributed by atoms with Gasteiger partial charge in [-0.25, -0.2) is 8.60 Å². The lowest BCUT2D eigenvalue weighted by Gasteiger charge is -2.32. The Bertz CT molecular complexity index is 1250. The van der Waals surface area contributed by atoms with Crippen molar-refractivity contribution >= 4 is 45.3 Å². The lowest BCUT2D eigenvalue weighted by atomic mass is 10.0. The predicted octanol–water partition coefficient (Wildman–Crippen LogP) is 5.34. The summed E-state index contributed by atoms with van der Waals surface area (Å²) in [4.78, 5) is 16.3. The Morgan fingerprint density at radius 1 is 1.06 bits per heavy atom. The van der Waals surface area contributed by atoms with Gasteiger partial charge in [0, 0.05) is 24.5 Å². The fraction of sp³-hybridized carbons (Fsp3) is 0.320. The van der Waals surface area contributed by atoms with Gasteiger partial charge in [-0.15, -0.1) is 11.3 Å². The second-order valence-electron chi connectivity index (χ2n) is 8.36. The van der Waals surface area contributed by atoms with Gasteiger partial charge in [-0.05, 0) is 73.5 Å². The molecule has 2 aromatic carbocycles. The Morgan fingerprint density at radius 3 is 2.50 bits per heavy atom. The number of nitrogens with zero attached hydrogens (tertiary/aromatic N) is 1. The molecule has 2 heterocycles. The van der Waals surface area contributed by atoms with Crippen LogP contribution < -0.4 is 14.9 Å². The van der Waals surface area contributed by atoms with Crippen LogP contribution in [0.5, 0.6) is 0 Å². The molecule has 4 rings (SSSR count). The number of ether oxygens (including phenoxy) is 1. The summed E-state index contributed by atoms with van der Waals surface area (Å²) in [6.07, 6.45) is 0. The van der Waals surface area contributed by atoms with Crippen LogP contribution in [0, 0.1) is 33.5 Å². The van der Waals surface area contributed by atoms with Gasteiger partial charge in [-0.3, -0.25) is 9.52 Å². The van der Waals surface area contributed by atoms with E-state index in [2.05, 4.69) is 27.9 Å². The lowest BCUT2D eigenvalue weighted by Crippen LogP contribution is -2.37. The van der Waals surface area contributed by atoms with E-state index in [4.69, 9.17) is 4.74 Å². The van der Waals surface area contributed by atoms with E-state index in [0.29, 0.717) is 34.2 Å². The van der Waals surface area contributed by atoms with E-state index >= 15 is 0 Å². The molecule has 2 N–H and O–H groups in total. The van der Waals surface area contributed by atoms with E-state index in [1.54, 1.807) is 30.5 Å². The van der Waals surface area contributed by atoms with Crippen LogP contribution in [0.2, 0.25) is 0 Å². The van der Waals surface area contributed by atoms with Crippen molar-refractivity contribution in [1.29, 1.82) is 0 Å². The first-order valence-electron chi connectivity index (χ1n) is 11.0. The van der Waals surface area contributed by atoms with Gasteiger partial charge in [0.15, 0.2) is 0 Å². The molecular formula is C25H28FN3O3S2. The summed E-state index contributed by atoms with van der Waals surface area (Å²) in [6.45, 7) is 10.7. The third kappa shape index (κ3) is 5.01. The SMILES string of the molecule is Cc1ccc(S(=O)Nc2ccsc2C(=O)Nc2c(C)cc(C)c(N3CCOCC3)c2C)cc1F. The molecule has 1 fully saturated rings. The smallest absolute Gasteiger partial charge is 0.267 e. The van der Waals surface area contributed by atoms with E-state index < -0.39 is 16.8 Å². The number of aryl methyl sites for hydroxylation is 3. The van der Waals surface area contributed by atoms with Gasteiger partial charge in [-0.2, -0.15) is 0 Å². The summed E-state index contributed by atoms with van der Waals surface area (Å²) in [5, 5.41) is 4.83. The Balaban J connectivity index is 1.57. The molecule has 3 aromatic rings. The van der Waals surface area contributed by atoms with Crippen LogP contribution >= 0.6 is 11.3 Å². The van der Waals surface area contributed by atoms with Gasteiger partial charge >= 0.3 is 0 Å². The Kier molecular flexibility index (Phi) is 7.35. The maximum absolute atomic E-state index is 13.9. The van der Waals surface area contributed by atoms with Crippen LogP contribution in [0.3, 0.4) is 0 Å². The van der Waals surface area contributed by atoms with Crippen molar-refractivity contribution in [3.8, 4) is 0 Å². The molecule has 6 nitrogen and oxygen atoms in total. The van der Waals surface area contributed by atoms with Crippen molar-refractivity contribution in [2.24, 2.45) is 0 Å². The molecular weight excluding hydrogens is 473 g/mol. The molecule has 1 saturated heterocycles. The van der Waals surface area contributed by atoms with Gasteiger partial charge in [0.1, 0.15) is 21.7 Å². The second-order valence-corrected chi connectivity index (χ2v) is 10.5. The number of morpholine rings is 1. The molecule has 0 bridgehead atoms. The highest BCUT2D eigenvalue weighted by Gasteiger charge is 2.22. The number of halogens is 1. The van der Waals surface area contributed by atoms with E-state index in [0.717, 1.165) is 41.2 Å². The molecule has 0 saturated carbocycles. The minimum absolute atomic E-state index is 0.285. The molecule has 1 aromatic heterocycles. The summed E-state index contributed by atoms with van der Waals surface area (Å²) in [7, 11) is -1.71. The quantitative estimate of drug-likeness (QED) is 0.478. The number of carbonyl (C=O) groups excluding carboxylic acids is 1. The molecule has 180 valence electrons. The number of hydrogen-bond acceptors (Lipinski definition) is 5. The minimum atomic E-state index is -1.71. The number of hydrogen-bond donors (Lipinski definition) is 2. The maximum atomic E-state index is 13.9. The summed E-state index contributed by atoms with van der Waals surface area (Å²) < 4.78 is 35.0. The highest BCUT2D eigenvalue weighted by molar-refractivity contribution is 7.86. The second kappa shape index (κ2) is 10.2. The van der Waals surface area contributed by atoms with Gasteiger partial charge in [0.05, 0.1) is 23.8 Å². The number of nitrogens with one attached hydrogen (secondary N) is 2. The molecule has 1 amide bonds. The average Bonchev–Trinajstić information content (AvgIpc) is 3.27. The highest BCUT2D eigenvalue weighted by atomic mass is 32.2. The van der Waals surface area contributed by atoms with Crippen LogP contribution in [0.4, 0.5) is 21.5 Å². The van der Waals surface area contributed by atoms with E-state index in [9.17, 15) is 13.4 Å². The Hall–Kier alpha value is -2.75. The standard InChI is InChI=1S/C25H28FN3O3S2/c1-15-5-6-19(14-20(15)26)34(31)28-21-7-12-33-24(21)25(30)27-22-16(2)13-17(3)23(18(22)4)29-8-10-32-11-9-29/h5-7,12-14,28H,8-11H2,1-4H3,(H,27,30). The lowest BCUT2D eigenvalue weighted by molar-refractivity contribution is 0.103. The first-order chi connectivity index (χ1) is 16.3. The first-order valence-corrected chi connectivity index (χ1v) is 13.1. The molecule has 34 heavy (non-hydrogen) atoms. The first kappa shape index (κ1) is 24.4. The maximum Gasteiger partial charge on any atom is 0.267 e. The molecule has 1 aliphatic heterocycles. The van der Waals surface area contributed by atoms with Crippen LogP contribution in [0.1, 0.15) is 31.9 Å². The van der Waals surface area contributed by atoms with Crippen LogP contribution in [0.15, 0.2) is 40.6 Å². The zero-order valence-electron chi connectivity index (χ0n) is 19.7. The average molecular weight is 502 g/mol. The number of rotatable bonds is 6. The minimum Gasteiger partial charge on any atom is -0.378 e. The van der Waals surface area contributed by atoms with Crippen LogP contribution in [-0.2, 0) is 15.7 Å². The number of thiophene rings is 1. The molecule has 1 aliphatic rings. The van der Waals surface area contributed by atoms with Crippen molar-refractivity contribution in [3.05, 3.63) is 68.7 Å². The molecule has 0 radical (unpaired) electrons. The predicted molar refractivity (Wildman–Crippen MR) is 137 cm³/mol. The van der Waals surface area contributed by atoms with Crippen molar-refractivity contribution in [2.45, 2.75) is 32.6 Å². The van der Waals surface area contributed by atoms with E-state index in [1.165, 1.54) is 17.4 Å². The molecule has 9 heteroatoms. The van der Waals surface area contributed by atoms with Crippen molar-refractivity contribution in [2.75, 3.05) is 41.2 Å². The van der Waals surface area contributed by atoms with Crippen LogP contribution in [-0.4, -0.2) is 36.4 Å². The fourth-order valence-electron chi connectivity index (χ4n) is 4.22. The third-order valence-corrected chi connectivity index (χ3v) is 7.93. The van der Waals surface area contributed by atoms with Gasteiger partial charge in [0.2, 0.25) is 0 Å². The number of carbonyl (C=O) groups is 1. The molecule has 1 atom stereocenters. The number of benzene rings is 2. The normalized spacial score (nSPS) is 14.7. The molecule has 1 unspecified atom stereocenters. The summed E-state index contributed by atoms with van der Waals surface area (Å²) in [6, 6.07) is 8.23. The Morgan fingerprint density at radius 2 is 1.79 bits per heavy atom. The third-order valence-electron chi connectivity index (χ3n) is 5.93. The Labute approximate surface area is 205 Å². The highest BCUT2D eigenvalue weighted by Crippen LogP contribution is 2.35. The van der Waals surface area contributed by atoms with E-state index in [-0.39, 0.29) is 5.91 Å². The fourth-order valence-corrected chi connectivity index (χ4v) is 5.92. The van der Waals surface area contributed by atoms with Crippen molar-refractivity contribution < 1.29 is 18.1 Å². The summed E-state index contributed by atoms with van der Waals surface area (Å²) >= 11 is 1.26. The summed E-state index contributed by atoms with van der Waals surface area (Å²) in [5.74, 6) is -0.704. The van der Waals surface area contributed by atoms with Gasteiger partial charge in [0.25, 0.3) is 5.91 Å². The number of anilines is 3. The molecule has 0 aliphatic carbocycles. The number of amides is 1. The summed E-state index contributed by atoms with van der Waals surface area (Å²) in [5.41, 5.74) is 5.97. The zero-order valence-corrected chi connectivity index (χ0v) is 21.3. The topological polar surface area (TPSA) is 70.7 Å². The van der Waals surface area contributed by atoms with Gasteiger partial charge < -0.3 is 15.0 Å². The van der Waals surface area contributed by atoms with Crippen molar-refractivity contribution in [1.82, 2.24) is 0 Å². The largest absolute Gasteiger partial charge is 0.378 e. The van der Waals surface area contributed by atoms with E-state index in [1.807, 2.05) is 13.8 Å². The molecule has 0 spiro atoms. The van der Waals surface area contributed by atoms with Crippen molar-refractivity contribution in [3.63, 3.8) is 0 Å².